The van der Waals surface area contributed by atoms with Gasteiger partial charge in [0.1, 0.15) is 0 Å². The van der Waals surface area contributed by atoms with E-state index in [1.54, 1.807) is 24.3 Å². The molecular weight excluding hydrogens is 290 g/mol. The molecule has 1 fully saturated rings. The molecular formula is C19H27NO3. The van der Waals surface area contributed by atoms with Crippen molar-refractivity contribution in [2.24, 2.45) is 5.41 Å². The van der Waals surface area contributed by atoms with Crippen molar-refractivity contribution in [3.8, 4) is 0 Å². The number of aryl methyl sites for hydroxylation is 1. The van der Waals surface area contributed by atoms with Crippen LogP contribution in [0.3, 0.4) is 0 Å². The second kappa shape index (κ2) is 7.62. The Morgan fingerprint density at radius 3 is 2.57 bits per heavy atom. The van der Waals surface area contributed by atoms with Crippen molar-refractivity contribution in [3.63, 3.8) is 0 Å². The number of aromatic carboxylic acids is 1. The quantitative estimate of drug-likeness (QED) is 0.869. The maximum atomic E-state index is 12.5. The van der Waals surface area contributed by atoms with E-state index in [1.165, 1.54) is 12.8 Å². The van der Waals surface area contributed by atoms with E-state index in [1.807, 2.05) is 4.90 Å². The highest BCUT2D eigenvalue weighted by Crippen LogP contribution is 2.34. The lowest BCUT2D eigenvalue weighted by atomic mass is 9.78. The molecule has 0 radical (unpaired) electrons. The summed E-state index contributed by atoms with van der Waals surface area (Å²) in [6.45, 7) is 6.24. The monoisotopic (exact) mass is 317 g/mol. The summed E-state index contributed by atoms with van der Waals surface area (Å²) in [5, 5.41) is 8.90. The minimum absolute atomic E-state index is 0.217. The normalized spacial score (nSPS) is 21.2. The molecule has 1 aromatic carbocycles. The molecule has 0 spiro atoms. The van der Waals surface area contributed by atoms with Crippen LogP contribution in [0.2, 0.25) is 0 Å². The number of nitrogens with zero attached hydrogens (tertiary/aromatic N) is 1. The molecule has 1 aliphatic rings. The minimum atomic E-state index is -0.920. The fourth-order valence-corrected chi connectivity index (χ4v) is 3.56. The first kappa shape index (κ1) is 17.5. The molecule has 1 amide bonds. The maximum absolute atomic E-state index is 12.5. The summed E-state index contributed by atoms with van der Waals surface area (Å²) in [6, 6.07) is 6.80. The van der Waals surface area contributed by atoms with E-state index < -0.39 is 5.97 Å². The zero-order valence-electron chi connectivity index (χ0n) is 14.2. The summed E-state index contributed by atoms with van der Waals surface area (Å²) >= 11 is 0. The predicted molar refractivity (Wildman–Crippen MR) is 90.6 cm³/mol. The summed E-state index contributed by atoms with van der Waals surface area (Å²) < 4.78 is 0. The number of carboxylic acids is 1. The predicted octanol–water partition coefficient (Wildman–Crippen LogP) is 3.75. The van der Waals surface area contributed by atoms with Crippen molar-refractivity contribution in [3.05, 3.63) is 35.4 Å². The van der Waals surface area contributed by atoms with E-state index in [2.05, 4.69) is 13.8 Å². The highest BCUT2D eigenvalue weighted by molar-refractivity contribution is 5.87. The summed E-state index contributed by atoms with van der Waals surface area (Å²) in [4.78, 5) is 25.3. The first-order chi connectivity index (χ1) is 10.9. The molecule has 1 unspecified atom stereocenters. The zero-order chi connectivity index (χ0) is 16.9. The molecule has 4 nitrogen and oxygen atoms in total. The molecule has 4 heteroatoms. The standard InChI is InChI=1S/C19H27NO3/c1-3-11-19(2)12-4-13-20(14-19)17(21)10-7-15-5-8-16(9-6-15)18(22)23/h5-6,8-9H,3-4,7,10-14H2,1-2H3,(H,22,23). The first-order valence-corrected chi connectivity index (χ1v) is 8.53. The van der Waals surface area contributed by atoms with Crippen LogP contribution in [-0.4, -0.2) is 35.0 Å². The third-order valence-electron chi connectivity index (χ3n) is 4.82. The Labute approximate surface area is 138 Å². The Kier molecular flexibility index (Phi) is 5.80. The lowest BCUT2D eigenvalue weighted by Crippen LogP contribution is -2.44. The smallest absolute Gasteiger partial charge is 0.335 e. The number of carboxylic acid groups (broad SMARTS) is 1. The fraction of sp³-hybridized carbons (Fsp3) is 0.579. The Balaban J connectivity index is 1.87. The van der Waals surface area contributed by atoms with Gasteiger partial charge in [0.2, 0.25) is 5.91 Å². The molecule has 0 saturated carbocycles. The Bertz CT molecular complexity index is 548. The third-order valence-corrected chi connectivity index (χ3v) is 4.82. The topological polar surface area (TPSA) is 57.6 Å². The number of rotatable bonds is 6. The molecule has 0 aliphatic carbocycles. The van der Waals surface area contributed by atoms with Crippen molar-refractivity contribution >= 4 is 11.9 Å². The number of piperidine rings is 1. The average molecular weight is 317 g/mol. The number of likely N-dealkylation sites (tertiary alicyclic amines) is 1. The molecule has 126 valence electrons. The van der Waals surface area contributed by atoms with Crippen molar-refractivity contribution in [2.75, 3.05) is 13.1 Å². The van der Waals surface area contributed by atoms with Crippen LogP contribution < -0.4 is 0 Å². The van der Waals surface area contributed by atoms with Crippen molar-refractivity contribution in [2.45, 2.75) is 52.4 Å². The molecule has 0 bridgehead atoms. The van der Waals surface area contributed by atoms with Crippen LogP contribution in [0.5, 0.6) is 0 Å². The average Bonchev–Trinajstić information content (AvgIpc) is 2.53. The lowest BCUT2D eigenvalue weighted by molar-refractivity contribution is -0.134. The van der Waals surface area contributed by atoms with Gasteiger partial charge in [-0.1, -0.05) is 32.4 Å². The lowest BCUT2D eigenvalue weighted by Gasteiger charge is -2.40. The molecule has 0 aromatic heterocycles. The number of carbonyl (C=O) groups excluding carboxylic acids is 1. The second-order valence-corrected chi connectivity index (χ2v) is 6.98. The zero-order valence-corrected chi connectivity index (χ0v) is 14.2. The fourth-order valence-electron chi connectivity index (χ4n) is 3.56. The van der Waals surface area contributed by atoms with Crippen LogP contribution in [0.4, 0.5) is 0 Å². The molecule has 1 atom stereocenters. The highest BCUT2D eigenvalue weighted by Gasteiger charge is 2.31. The number of amides is 1. The number of hydrogen-bond acceptors (Lipinski definition) is 2. The molecule has 2 rings (SSSR count). The van der Waals surface area contributed by atoms with Gasteiger partial charge in [-0.25, -0.2) is 4.79 Å². The third kappa shape index (κ3) is 4.81. The summed E-state index contributed by atoms with van der Waals surface area (Å²) in [5.41, 5.74) is 1.56. The van der Waals surface area contributed by atoms with Crippen LogP contribution in [0.25, 0.3) is 0 Å². The molecule has 23 heavy (non-hydrogen) atoms. The minimum Gasteiger partial charge on any atom is -0.478 e. The molecule has 1 N–H and O–H groups in total. The number of hydrogen-bond donors (Lipinski definition) is 1. The van der Waals surface area contributed by atoms with Crippen LogP contribution in [0.1, 0.15) is 61.9 Å². The Morgan fingerprint density at radius 1 is 1.26 bits per heavy atom. The molecule has 1 heterocycles. The summed E-state index contributed by atoms with van der Waals surface area (Å²) in [6.07, 6.45) is 5.80. The van der Waals surface area contributed by atoms with Gasteiger partial charge in [0.25, 0.3) is 0 Å². The van der Waals surface area contributed by atoms with Gasteiger partial charge in [-0.2, -0.15) is 0 Å². The van der Waals surface area contributed by atoms with Crippen molar-refractivity contribution in [1.29, 1.82) is 0 Å². The second-order valence-electron chi connectivity index (χ2n) is 6.98. The van der Waals surface area contributed by atoms with Gasteiger partial charge in [-0.15, -0.1) is 0 Å². The SMILES string of the molecule is CCCC1(C)CCCN(C(=O)CCc2ccc(C(=O)O)cc2)C1. The summed E-state index contributed by atoms with van der Waals surface area (Å²) in [7, 11) is 0. The van der Waals surface area contributed by atoms with Gasteiger partial charge >= 0.3 is 5.97 Å². The van der Waals surface area contributed by atoms with Gasteiger partial charge in [0.15, 0.2) is 0 Å². The number of benzene rings is 1. The summed E-state index contributed by atoms with van der Waals surface area (Å²) in [5.74, 6) is -0.703. The van der Waals surface area contributed by atoms with E-state index >= 15 is 0 Å². The Morgan fingerprint density at radius 2 is 1.96 bits per heavy atom. The maximum Gasteiger partial charge on any atom is 0.335 e. The van der Waals surface area contributed by atoms with Crippen LogP contribution in [0.15, 0.2) is 24.3 Å². The van der Waals surface area contributed by atoms with Crippen molar-refractivity contribution < 1.29 is 14.7 Å². The van der Waals surface area contributed by atoms with E-state index in [0.29, 0.717) is 12.8 Å². The molecule has 1 saturated heterocycles. The van der Waals surface area contributed by atoms with Gasteiger partial charge in [-0.05, 0) is 48.8 Å². The van der Waals surface area contributed by atoms with E-state index in [-0.39, 0.29) is 16.9 Å². The van der Waals surface area contributed by atoms with Crippen LogP contribution in [-0.2, 0) is 11.2 Å². The van der Waals surface area contributed by atoms with Crippen molar-refractivity contribution in [1.82, 2.24) is 4.90 Å². The number of carbonyl (C=O) groups is 2. The van der Waals surface area contributed by atoms with Gasteiger partial charge < -0.3 is 10.0 Å². The molecule has 1 aliphatic heterocycles. The van der Waals surface area contributed by atoms with E-state index in [9.17, 15) is 9.59 Å². The van der Waals surface area contributed by atoms with Gasteiger partial charge in [0.05, 0.1) is 5.56 Å². The Hall–Kier alpha value is -1.84. The highest BCUT2D eigenvalue weighted by atomic mass is 16.4. The largest absolute Gasteiger partial charge is 0.478 e. The van der Waals surface area contributed by atoms with Crippen LogP contribution >= 0.6 is 0 Å². The molecule has 1 aromatic rings. The first-order valence-electron chi connectivity index (χ1n) is 8.53. The van der Waals surface area contributed by atoms with Crippen LogP contribution in [0, 0.1) is 5.41 Å². The van der Waals surface area contributed by atoms with E-state index in [4.69, 9.17) is 5.11 Å². The van der Waals surface area contributed by atoms with Gasteiger partial charge in [0, 0.05) is 19.5 Å². The van der Waals surface area contributed by atoms with E-state index in [0.717, 1.165) is 31.5 Å². The van der Waals surface area contributed by atoms with Gasteiger partial charge in [-0.3, -0.25) is 4.79 Å².